The molecule has 0 saturated heterocycles. The molecule has 0 unspecified atom stereocenters. The summed E-state index contributed by atoms with van der Waals surface area (Å²) in [5.41, 5.74) is 11.0. The van der Waals surface area contributed by atoms with Crippen LogP contribution in [0.3, 0.4) is 0 Å². The third-order valence-electron chi connectivity index (χ3n) is 4.96. The van der Waals surface area contributed by atoms with Crippen molar-refractivity contribution in [2.24, 2.45) is 0 Å². The van der Waals surface area contributed by atoms with Crippen molar-refractivity contribution in [2.75, 3.05) is 0 Å². The average molecular weight is 328 g/mol. The van der Waals surface area contributed by atoms with E-state index in [9.17, 15) is 0 Å². The predicted molar refractivity (Wildman–Crippen MR) is 102 cm³/mol. The van der Waals surface area contributed by atoms with E-state index >= 15 is 0 Å². The smallest absolute Gasteiger partial charge is 0.143 e. The Kier molecular flexibility index (Phi) is 3.65. The number of hydrogen-bond donors (Lipinski definition) is 0. The van der Waals surface area contributed by atoms with Crippen molar-refractivity contribution < 1.29 is 4.63 Å². The SMILES string of the molecule is Cc1ccc(-c2c(C)c(C)c(-c3ccc(C)cc3)c3nonc23)cc1. The Hall–Kier alpha value is -2.94. The van der Waals surface area contributed by atoms with E-state index in [1.807, 2.05) is 0 Å². The number of aromatic nitrogens is 2. The van der Waals surface area contributed by atoms with Crippen LogP contribution in [0, 0.1) is 27.7 Å². The number of fused-ring (bicyclic) bond motifs is 1. The molecule has 3 nitrogen and oxygen atoms in total. The predicted octanol–water partition coefficient (Wildman–Crippen LogP) is 5.79. The van der Waals surface area contributed by atoms with Crippen LogP contribution in [0.2, 0.25) is 0 Å². The van der Waals surface area contributed by atoms with Crippen molar-refractivity contribution in [2.45, 2.75) is 27.7 Å². The molecule has 0 aliphatic rings. The van der Waals surface area contributed by atoms with Gasteiger partial charge in [0.2, 0.25) is 0 Å². The number of rotatable bonds is 2. The van der Waals surface area contributed by atoms with Gasteiger partial charge in [0.15, 0.2) is 0 Å². The number of hydrogen-bond acceptors (Lipinski definition) is 3. The zero-order valence-corrected chi connectivity index (χ0v) is 14.9. The van der Waals surface area contributed by atoms with Crippen molar-refractivity contribution >= 4 is 11.0 Å². The Bertz CT molecular complexity index is 973. The van der Waals surface area contributed by atoms with Gasteiger partial charge in [-0.15, -0.1) is 0 Å². The molecule has 0 N–H and O–H groups in total. The Morgan fingerprint density at radius 2 is 0.920 bits per heavy atom. The summed E-state index contributed by atoms with van der Waals surface area (Å²) in [7, 11) is 0. The molecule has 3 heteroatoms. The monoisotopic (exact) mass is 328 g/mol. The van der Waals surface area contributed by atoms with Crippen LogP contribution in [0.4, 0.5) is 0 Å². The Morgan fingerprint density at radius 3 is 1.28 bits per heavy atom. The highest BCUT2D eigenvalue weighted by molar-refractivity contribution is 6.03. The van der Waals surface area contributed by atoms with Crippen LogP contribution in [0.5, 0.6) is 0 Å². The maximum atomic E-state index is 5.15. The highest BCUT2D eigenvalue weighted by Crippen LogP contribution is 2.39. The van der Waals surface area contributed by atoms with E-state index in [1.165, 1.54) is 22.3 Å². The third-order valence-corrected chi connectivity index (χ3v) is 4.96. The Labute approximate surface area is 147 Å². The van der Waals surface area contributed by atoms with E-state index in [2.05, 4.69) is 86.5 Å². The summed E-state index contributed by atoms with van der Waals surface area (Å²) in [6, 6.07) is 17.0. The summed E-state index contributed by atoms with van der Waals surface area (Å²) in [5.74, 6) is 0. The molecule has 124 valence electrons. The molecular formula is C22H20N2O. The quantitative estimate of drug-likeness (QED) is 0.467. The molecule has 0 atom stereocenters. The fraction of sp³-hybridized carbons (Fsp3) is 0.182. The fourth-order valence-electron chi connectivity index (χ4n) is 3.39. The molecule has 0 aliphatic heterocycles. The van der Waals surface area contributed by atoms with Crippen LogP contribution < -0.4 is 0 Å². The summed E-state index contributed by atoms with van der Waals surface area (Å²) in [4.78, 5) is 0. The van der Waals surface area contributed by atoms with Crippen molar-refractivity contribution in [3.05, 3.63) is 70.8 Å². The van der Waals surface area contributed by atoms with Crippen molar-refractivity contribution in [1.29, 1.82) is 0 Å². The second-order valence-electron chi connectivity index (χ2n) is 6.69. The van der Waals surface area contributed by atoms with Gasteiger partial charge in [-0.2, -0.15) is 0 Å². The van der Waals surface area contributed by atoms with Gasteiger partial charge < -0.3 is 0 Å². The lowest BCUT2D eigenvalue weighted by Crippen LogP contribution is -1.95. The zero-order chi connectivity index (χ0) is 17.6. The molecule has 25 heavy (non-hydrogen) atoms. The van der Waals surface area contributed by atoms with Crippen molar-refractivity contribution in [3.63, 3.8) is 0 Å². The molecule has 0 fully saturated rings. The molecule has 0 radical (unpaired) electrons. The van der Waals surface area contributed by atoms with Crippen LogP contribution in [-0.2, 0) is 0 Å². The molecule has 4 aromatic rings. The van der Waals surface area contributed by atoms with Crippen LogP contribution in [0.1, 0.15) is 22.3 Å². The maximum absolute atomic E-state index is 5.15. The van der Waals surface area contributed by atoms with Gasteiger partial charge in [-0.25, -0.2) is 4.63 Å². The third kappa shape index (κ3) is 2.52. The van der Waals surface area contributed by atoms with Gasteiger partial charge >= 0.3 is 0 Å². The molecule has 1 aromatic heterocycles. The van der Waals surface area contributed by atoms with Gasteiger partial charge in [0, 0.05) is 11.1 Å². The second kappa shape index (κ2) is 5.85. The summed E-state index contributed by atoms with van der Waals surface area (Å²) < 4.78 is 5.15. The average Bonchev–Trinajstić information content (AvgIpc) is 3.07. The first-order valence-electron chi connectivity index (χ1n) is 8.46. The first-order valence-corrected chi connectivity index (χ1v) is 8.46. The van der Waals surface area contributed by atoms with E-state index in [0.29, 0.717) is 0 Å². The van der Waals surface area contributed by atoms with Crippen molar-refractivity contribution in [1.82, 2.24) is 10.3 Å². The molecule has 0 amide bonds. The largest absolute Gasteiger partial charge is 0.243 e. The first-order chi connectivity index (χ1) is 12.1. The molecule has 0 aliphatic carbocycles. The fourth-order valence-corrected chi connectivity index (χ4v) is 3.39. The normalized spacial score (nSPS) is 11.2. The molecule has 0 saturated carbocycles. The first kappa shape index (κ1) is 15.6. The van der Waals surface area contributed by atoms with Gasteiger partial charge in [-0.05, 0) is 60.3 Å². The maximum Gasteiger partial charge on any atom is 0.143 e. The molecular weight excluding hydrogens is 308 g/mol. The van der Waals surface area contributed by atoms with Gasteiger partial charge in [0.05, 0.1) is 0 Å². The summed E-state index contributed by atoms with van der Waals surface area (Å²) >= 11 is 0. The zero-order valence-electron chi connectivity index (χ0n) is 14.9. The van der Waals surface area contributed by atoms with E-state index in [1.54, 1.807) is 0 Å². The van der Waals surface area contributed by atoms with E-state index in [-0.39, 0.29) is 0 Å². The van der Waals surface area contributed by atoms with Crippen LogP contribution in [0.25, 0.3) is 33.3 Å². The highest BCUT2D eigenvalue weighted by atomic mass is 16.6. The topological polar surface area (TPSA) is 38.9 Å². The van der Waals surface area contributed by atoms with Gasteiger partial charge in [-0.1, -0.05) is 59.7 Å². The standard InChI is InChI=1S/C22H20N2O/c1-13-5-9-17(10-6-13)19-15(3)16(4)20(22-21(19)23-25-24-22)18-11-7-14(2)8-12-18/h5-12H,1-4H3. The Balaban J connectivity index is 2.04. The lowest BCUT2D eigenvalue weighted by molar-refractivity contribution is 0.315. The van der Waals surface area contributed by atoms with Gasteiger partial charge in [0.1, 0.15) is 11.0 Å². The van der Waals surface area contributed by atoms with Crippen molar-refractivity contribution in [3.8, 4) is 22.3 Å². The Morgan fingerprint density at radius 1 is 0.560 bits per heavy atom. The molecule has 4 rings (SSSR count). The minimum Gasteiger partial charge on any atom is -0.243 e. The summed E-state index contributed by atoms with van der Waals surface area (Å²) in [5, 5.41) is 8.47. The highest BCUT2D eigenvalue weighted by Gasteiger charge is 2.20. The van der Waals surface area contributed by atoms with Crippen LogP contribution in [-0.4, -0.2) is 10.3 Å². The van der Waals surface area contributed by atoms with Crippen LogP contribution >= 0.6 is 0 Å². The van der Waals surface area contributed by atoms with Gasteiger partial charge in [0.25, 0.3) is 0 Å². The lowest BCUT2D eigenvalue weighted by Gasteiger charge is -2.15. The number of aryl methyl sites for hydroxylation is 2. The van der Waals surface area contributed by atoms with E-state index in [0.717, 1.165) is 33.3 Å². The molecule has 3 aromatic carbocycles. The minimum absolute atomic E-state index is 0.822. The molecule has 1 heterocycles. The second-order valence-corrected chi connectivity index (χ2v) is 6.69. The molecule has 0 spiro atoms. The molecule has 0 bridgehead atoms. The van der Waals surface area contributed by atoms with E-state index < -0.39 is 0 Å². The number of benzene rings is 3. The van der Waals surface area contributed by atoms with E-state index in [4.69, 9.17) is 4.63 Å². The number of nitrogens with zero attached hydrogens (tertiary/aromatic N) is 2. The minimum atomic E-state index is 0.822. The lowest BCUT2D eigenvalue weighted by atomic mass is 9.88. The summed E-state index contributed by atoms with van der Waals surface area (Å²) in [6.45, 7) is 8.48. The summed E-state index contributed by atoms with van der Waals surface area (Å²) in [6.07, 6.45) is 0. The van der Waals surface area contributed by atoms with Crippen LogP contribution in [0.15, 0.2) is 53.2 Å². The van der Waals surface area contributed by atoms with Gasteiger partial charge in [-0.3, -0.25) is 0 Å².